The number of oxazole rings is 1. The molecule has 0 amide bonds. The van der Waals surface area contributed by atoms with Gasteiger partial charge in [-0.25, -0.2) is 9.78 Å². The monoisotopic (exact) mass is 267 g/mol. The normalized spacial score (nSPS) is 10.9. The molecule has 1 N–H and O–H groups in total. The molecule has 0 fully saturated rings. The summed E-state index contributed by atoms with van der Waals surface area (Å²) < 4.78 is 5.69. The highest BCUT2D eigenvalue weighted by Crippen LogP contribution is 2.26. The number of rotatable bonds is 2. The van der Waals surface area contributed by atoms with Crippen molar-refractivity contribution in [3.63, 3.8) is 0 Å². The quantitative estimate of drug-likeness (QED) is 0.766. The van der Waals surface area contributed by atoms with Gasteiger partial charge in [0.25, 0.3) is 0 Å². The molecule has 4 nitrogen and oxygen atoms in total. The van der Waals surface area contributed by atoms with Gasteiger partial charge in [0, 0.05) is 5.56 Å². The number of fused-ring (bicyclic) bond motifs is 1. The van der Waals surface area contributed by atoms with E-state index < -0.39 is 5.97 Å². The molecule has 0 bridgehead atoms. The van der Waals surface area contributed by atoms with Crippen molar-refractivity contribution in [1.82, 2.24) is 4.98 Å². The van der Waals surface area contributed by atoms with E-state index >= 15 is 0 Å². The van der Waals surface area contributed by atoms with E-state index in [1.54, 1.807) is 6.07 Å². The van der Waals surface area contributed by atoms with Gasteiger partial charge in [0.05, 0.1) is 5.56 Å². The fourth-order valence-corrected chi connectivity index (χ4v) is 2.28. The maximum atomic E-state index is 11.0. The molecule has 0 aliphatic carbocycles. The van der Waals surface area contributed by atoms with Crippen molar-refractivity contribution in [2.75, 3.05) is 0 Å². The average molecular weight is 267 g/mol. The lowest BCUT2D eigenvalue weighted by Crippen LogP contribution is -1.94. The number of benzene rings is 2. The maximum Gasteiger partial charge on any atom is 0.335 e. The van der Waals surface area contributed by atoms with Gasteiger partial charge in [-0.1, -0.05) is 17.2 Å². The lowest BCUT2D eigenvalue weighted by molar-refractivity contribution is 0.0697. The molecule has 0 atom stereocenters. The third kappa shape index (κ3) is 2.16. The van der Waals surface area contributed by atoms with Crippen LogP contribution in [0, 0.1) is 13.8 Å². The van der Waals surface area contributed by atoms with Crippen LogP contribution in [0.3, 0.4) is 0 Å². The zero-order chi connectivity index (χ0) is 14.3. The minimum atomic E-state index is -0.970. The molecule has 3 aromatic rings. The first-order valence-corrected chi connectivity index (χ1v) is 6.25. The van der Waals surface area contributed by atoms with Gasteiger partial charge in [-0.2, -0.15) is 0 Å². The number of hydrogen-bond donors (Lipinski definition) is 1. The van der Waals surface area contributed by atoms with Crippen LogP contribution in [0.25, 0.3) is 22.6 Å². The van der Waals surface area contributed by atoms with Crippen LogP contribution in [-0.4, -0.2) is 16.1 Å². The number of carbonyl (C=O) groups is 1. The predicted octanol–water partition coefficient (Wildman–Crippen LogP) is 3.81. The molecule has 3 rings (SSSR count). The summed E-state index contributed by atoms with van der Waals surface area (Å²) in [7, 11) is 0. The third-order valence-corrected chi connectivity index (χ3v) is 3.10. The summed E-state index contributed by atoms with van der Waals surface area (Å²) >= 11 is 0. The second-order valence-electron chi connectivity index (χ2n) is 4.88. The third-order valence-electron chi connectivity index (χ3n) is 3.10. The predicted molar refractivity (Wildman–Crippen MR) is 75.9 cm³/mol. The minimum Gasteiger partial charge on any atom is -0.478 e. The van der Waals surface area contributed by atoms with Crippen LogP contribution in [-0.2, 0) is 0 Å². The highest BCUT2D eigenvalue weighted by Gasteiger charge is 2.11. The number of hydrogen-bond acceptors (Lipinski definition) is 3. The highest BCUT2D eigenvalue weighted by molar-refractivity contribution is 5.92. The second kappa shape index (κ2) is 4.49. The van der Waals surface area contributed by atoms with Crippen molar-refractivity contribution in [2.24, 2.45) is 0 Å². The summed E-state index contributed by atoms with van der Waals surface area (Å²) in [5, 5.41) is 8.98. The van der Waals surface area contributed by atoms with Crippen LogP contribution in [0.15, 0.2) is 40.8 Å². The number of aromatic nitrogens is 1. The Labute approximate surface area is 115 Å². The molecule has 0 unspecified atom stereocenters. The molecular weight excluding hydrogens is 254 g/mol. The molecule has 0 saturated heterocycles. The topological polar surface area (TPSA) is 63.3 Å². The fraction of sp³-hybridized carbons (Fsp3) is 0.125. The molecule has 0 aliphatic heterocycles. The van der Waals surface area contributed by atoms with Crippen molar-refractivity contribution in [1.29, 1.82) is 0 Å². The lowest BCUT2D eigenvalue weighted by atomic mass is 10.1. The first-order chi connectivity index (χ1) is 9.52. The van der Waals surface area contributed by atoms with Crippen LogP contribution in [0.4, 0.5) is 0 Å². The SMILES string of the molecule is Cc1cc(C)cc(-c2nc3cc(C(=O)O)ccc3o2)c1. The Bertz CT molecular complexity index is 797. The van der Waals surface area contributed by atoms with E-state index in [0.717, 1.165) is 16.7 Å². The summed E-state index contributed by atoms with van der Waals surface area (Å²) in [4.78, 5) is 15.3. The summed E-state index contributed by atoms with van der Waals surface area (Å²) in [6, 6.07) is 10.7. The van der Waals surface area contributed by atoms with E-state index in [2.05, 4.69) is 11.1 Å². The smallest absolute Gasteiger partial charge is 0.335 e. The molecule has 2 aromatic carbocycles. The van der Waals surface area contributed by atoms with Crippen LogP contribution < -0.4 is 0 Å². The highest BCUT2D eigenvalue weighted by atomic mass is 16.4. The van der Waals surface area contributed by atoms with E-state index in [9.17, 15) is 4.79 Å². The summed E-state index contributed by atoms with van der Waals surface area (Å²) in [6.07, 6.45) is 0. The summed E-state index contributed by atoms with van der Waals surface area (Å²) in [5.74, 6) is -0.461. The van der Waals surface area contributed by atoms with Crippen molar-refractivity contribution in [3.8, 4) is 11.5 Å². The first kappa shape index (κ1) is 12.4. The maximum absolute atomic E-state index is 11.0. The Morgan fingerprint density at radius 1 is 1.10 bits per heavy atom. The minimum absolute atomic E-state index is 0.206. The Kier molecular flexibility index (Phi) is 2.79. The number of aryl methyl sites for hydroxylation is 2. The number of aromatic carboxylic acids is 1. The molecular formula is C16H13NO3. The molecule has 20 heavy (non-hydrogen) atoms. The van der Waals surface area contributed by atoms with E-state index in [1.807, 2.05) is 26.0 Å². The van der Waals surface area contributed by atoms with Gasteiger partial charge in [-0.15, -0.1) is 0 Å². The Morgan fingerprint density at radius 2 is 1.80 bits per heavy atom. The summed E-state index contributed by atoms with van der Waals surface area (Å²) in [6.45, 7) is 4.03. The molecule has 0 saturated carbocycles. The Balaban J connectivity index is 2.15. The van der Waals surface area contributed by atoms with Gasteiger partial charge in [0.15, 0.2) is 5.58 Å². The van der Waals surface area contributed by atoms with Gasteiger partial charge in [-0.05, 0) is 44.2 Å². The standard InChI is InChI=1S/C16H13NO3/c1-9-5-10(2)7-12(6-9)15-17-13-8-11(16(18)19)3-4-14(13)20-15/h3-8H,1-2H3,(H,18,19). The van der Waals surface area contributed by atoms with Crippen molar-refractivity contribution >= 4 is 17.1 Å². The van der Waals surface area contributed by atoms with Gasteiger partial charge < -0.3 is 9.52 Å². The number of carboxylic acid groups (broad SMARTS) is 1. The van der Waals surface area contributed by atoms with Crippen LogP contribution >= 0.6 is 0 Å². The number of carboxylic acids is 1. The molecule has 4 heteroatoms. The molecule has 0 aliphatic rings. The van der Waals surface area contributed by atoms with Gasteiger partial charge in [-0.3, -0.25) is 0 Å². The fourth-order valence-electron chi connectivity index (χ4n) is 2.28. The Hall–Kier alpha value is -2.62. The van der Waals surface area contributed by atoms with Gasteiger partial charge in [0.1, 0.15) is 5.52 Å². The Morgan fingerprint density at radius 3 is 2.45 bits per heavy atom. The zero-order valence-corrected chi connectivity index (χ0v) is 11.2. The molecule has 100 valence electrons. The zero-order valence-electron chi connectivity index (χ0n) is 11.2. The average Bonchev–Trinajstić information content (AvgIpc) is 2.80. The van der Waals surface area contributed by atoms with E-state index in [-0.39, 0.29) is 5.56 Å². The lowest BCUT2D eigenvalue weighted by Gasteiger charge is -2.00. The molecule has 1 heterocycles. The molecule has 0 radical (unpaired) electrons. The van der Waals surface area contributed by atoms with Crippen LogP contribution in [0.5, 0.6) is 0 Å². The summed E-state index contributed by atoms with van der Waals surface area (Å²) in [5.41, 5.74) is 4.51. The molecule has 1 aromatic heterocycles. The molecule has 0 spiro atoms. The van der Waals surface area contributed by atoms with E-state index in [1.165, 1.54) is 12.1 Å². The van der Waals surface area contributed by atoms with Crippen LogP contribution in [0.1, 0.15) is 21.5 Å². The first-order valence-electron chi connectivity index (χ1n) is 6.25. The van der Waals surface area contributed by atoms with E-state index in [4.69, 9.17) is 9.52 Å². The largest absolute Gasteiger partial charge is 0.478 e. The van der Waals surface area contributed by atoms with Gasteiger partial charge in [0.2, 0.25) is 5.89 Å². The second-order valence-corrected chi connectivity index (χ2v) is 4.88. The van der Waals surface area contributed by atoms with E-state index in [0.29, 0.717) is 17.0 Å². The number of nitrogens with zero attached hydrogens (tertiary/aromatic N) is 1. The van der Waals surface area contributed by atoms with Crippen molar-refractivity contribution in [3.05, 3.63) is 53.1 Å². The van der Waals surface area contributed by atoms with Crippen molar-refractivity contribution in [2.45, 2.75) is 13.8 Å². The van der Waals surface area contributed by atoms with Crippen LogP contribution in [0.2, 0.25) is 0 Å². The van der Waals surface area contributed by atoms with Crippen molar-refractivity contribution < 1.29 is 14.3 Å². The van der Waals surface area contributed by atoms with Gasteiger partial charge >= 0.3 is 5.97 Å².